The molecule has 0 radical (unpaired) electrons. The van der Waals surface area contributed by atoms with Crippen molar-refractivity contribution in [2.45, 2.75) is 64.9 Å². The Morgan fingerprint density at radius 2 is 1.63 bits per heavy atom. The monoisotopic (exact) mass is 379 g/mol. The van der Waals surface area contributed by atoms with E-state index in [1.165, 1.54) is 18.4 Å². The summed E-state index contributed by atoms with van der Waals surface area (Å²) in [6.07, 6.45) is 6.73. The molecule has 1 saturated heterocycles. The summed E-state index contributed by atoms with van der Waals surface area (Å²) in [5, 5.41) is 2.61. The number of carbonyl (C=O) groups is 3. The molecule has 27 heavy (non-hydrogen) atoms. The van der Waals surface area contributed by atoms with Gasteiger partial charge in [-0.25, -0.2) is 4.79 Å². The van der Waals surface area contributed by atoms with Gasteiger partial charge in [0.15, 0.2) is 0 Å². The van der Waals surface area contributed by atoms with Crippen LogP contribution in [0.3, 0.4) is 0 Å². The van der Waals surface area contributed by atoms with Crippen LogP contribution in [0.1, 0.15) is 59.3 Å². The number of nitrogens with zero attached hydrogens (tertiary/aromatic N) is 2. The molecule has 0 bridgehead atoms. The van der Waals surface area contributed by atoms with E-state index in [9.17, 15) is 14.4 Å². The molecule has 0 unspecified atom stereocenters. The molecule has 2 fully saturated rings. The third kappa shape index (κ3) is 7.61. The highest BCUT2D eigenvalue weighted by Crippen LogP contribution is 2.23. The Kier molecular flexibility index (Phi) is 7.68. The molecule has 152 valence electrons. The minimum Gasteiger partial charge on any atom is -0.444 e. The van der Waals surface area contributed by atoms with Crippen molar-refractivity contribution in [1.29, 1.82) is 0 Å². The Bertz CT molecular complexity index is 572. The molecule has 0 spiro atoms. The molecule has 2 aliphatic rings. The first-order valence-corrected chi connectivity index (χ1v) is 9.97. The van der Waals surface area contributed by atoms with Crippen molar-refractivity contribution in [3.8, 4) is 0 Å². The van der Waals surface area contributed by atoms with Crippen molar-refractivity contribution in [3.05, 3.63) is 11.6 Å². The maximum absolute atomic E-state index is 12.4. The van der Waals surface area contributed by atoms with Crippen molar-refractivity contribution in [3.63, 3.8) is 0 Å². The van der Waals surface area contributed by atoms with Crippen LogP contribution in [0.2, 0.25) is 0 Å². The lowest BCUT2D eigenvalue weighted by Crippen LogP contribution is -2.39. The van der Waals surface area contributed by atoms with E-state index in [0.717, 1.165) is 19.3 Å². The smallest absolute Gasteiger partial charge is 0.407 e. The number of alkyl carbamates (subject to hydrolysis) is 1. The summed E-state index contributed by atoms with van der Waals surface area (Å²) in [7, 11) is 0. The fourth-order valence-corrected chi connectivity index (χ4v) is 3.37. The molecule has 1 aliphatic carbocycles. The first kappa shape index (κ1) is 21.3. The van der Waals surface area contributed by atoms with Crippen molar-refractivity contribution in [2.24, 2.45) is 0 Å². The highest BCUT2D eigenvalue weighted by molar-refractivity contribution is 5.88. The van der Waals surface area contributed by atoms with E-state index in [1.807, 2.05) is 4.90 Å². The van der Waals surface area contributed by atoms with Crippen molar-refractivity contribution >= 4 is 17.9 Å². The summed E-state index contributed by atoms with van der Waals surface area (Å²) in [5.41, 5.74) is 0.702. The molecule has 0 aromatic heterocycles. The summed E-state index contributed by atoms with van der Waals surface area (Å²) in [4.78, 5) is 40.1. The molecule has 1 heterocycles. The normalized spacial score (nSPS) is 18.1. The van der Waals surface area contributed by atoms with Gasteiger partial charge in [0.05, 0.1) is 0 Å². The quantitative estimate of drug-likeness (QED) is 0.761. The number of carbonyl (C=O) groups excluding carboxylic acids is 3. The Hall–Kier alpha value is -2.05. The van der Waals surface area contributed by atoms with Gasteiger partial charge in [0.25, 0.3) is 0 Å². The number of rotatable bonds is 4. The van der Waals surface area contributed by atoms with Gasteiger partial charge in [0, 0.05) is 45.2 Å². The van der Waals surface area contributed by atoms with E-state index in [2.05, 4.69) is 5.32 Å². The minimum absolute atomic E-state index is 0.00509. The number of ether oxygens (including phenoxy) is 1. The zero-order chi connectivity index (χ0) is 19.9. The highest BCUT2D eigenvalue weighted by atomic mass is 16.6. The Morgan fingerprint density at radius 3 is 2.30 bits per heavy atom. The maximum Gasteiger partial charge on any atom is 0.407 e. The van der Waals surface area contributed by atoms with Gasteiger partial charge >= 0.3 is 6.09 Å². The molecular weight excluding hydrogens is 346 g/mol. The van der Waals surface area contributed by atoms with Crippen LogP contribution in [0.25, 0.3) is 0 Å². The van der Waals surface area contributed by atoms with Crippen LogP contribution in [-0.4, -0.2) is 66.0 Å². The summed E-state index contributed by atoms with van der Waals surface area (Å²) in [5.74, 6) is 0.0716. The topological polar surface area (TPSA) is 79.0 Å². The van der Waals surface area contributed by atoms with E-state index in [0.29, 0.717) is 26.2 Å². The number of nitrogens with one attached hydrogen (secondary N) is 1. The van der Waals surface area contributed by atoms with Crippen molar-refractivity contribution < 1.29 is 19.1 Å². The van der Waals surface area contributed by atoms with Gasteiger partial charge in [-0.2, -0.15) is 0 Å². The standard InChI is InChI=1S/C20H33N3O4/c1-20(2,3)27-19(26)21-10-9-17(24)22-11-6-12-23(14-13-22)18(25)15-16-7-4-5-8-16/h15H,4-14H2,1-3H3,(H,21,26). The lowest BCUT2D eigenvalue weighted by atomic mass is 10.2. The first-order chi connectivity index (χ1) is 12.7. The second-order valence-corrected chi connectivity index (χ2v) is 8.25. The van der Waals surface area contributed by atoms with Gasteiger partial charge in [-0.15, -0.1) is 0 Å². The predicted molar refractivity (Wildman–Crippen MR) is 103 cm³/mol. The van der Waals surface area contributed by atoms with E-state index in [1.54, 1.807) is 31.7 Å². The molecule has 0 atom stereocenters. The third-order valence-electron chi connectivity index (χ3n) is 4.74. The van der Waals surface area contributed by atoms with E-state index in [4.69, 9.17) is 4.74 Å². The van der Waals surface area contributed by atoms with Crippen LogP contribution >= 0.6 is 0 Å². The summed E-state index contributed by atoms with van der Waals surface area (Å²) in [6, 6.07) is 0. The molecular formula is C20H33N3O4. The molecule has 7 nitrogen and oxygen atoms in total. The van der Waals surface area contributed by atoms with Crippen LogP contribution in [-0.2, 0) is 14.3 Å². The zero-order valence-corrected chi connectivity index (χ0v) is 16.9. The lowest BCUT2D eigenvalue weighted by Gasteiger charge is -2.22. The predicted octanol–water partition coefficient (Wildman–Crippen LogP) is 2.46. The van der Waals surface area contributed by atoms with Crippen molar-refractivity contribution in [1.82, 2.24) is 15.1 Å². The second kappa shape index (κ2) is 9.76. The van der Waals surface area contributed by atoms with Crippen molar-refractivity contribution in [2.75, 3.05) is 32.7 Å². The van der Waals surface area contributed by atoms with Crippen LogP contribution in [0, 0.1) is 0 Å². The van der Waals surface area contributed by atoms with Gasteiger partial charge in [0.1, 0.15) is 5.60 Å². The number of allylic oxidation sites excluding steroid dienone is 1. The molecule has 3 amide bonds. The first-order valence-electron chi connectivity index (χ1n) is 9.97. The van der Waals surface area contributed by atoms with Gasteiger partial charge < -0.3 is 19.9 Å². The Balaban J connectivity index is 1.73. The largest absolute Gasteiger partial charge is 0.444 e. The third-order valence-corrected chi connectivity index (χ3v) is 4.74. The second-order valence-electron chi connectivity index (χ2n) is 8.25. The van der Waals surface area contributed by atoms with Crippen LogP contribution in [0.15, 0.2) is 11.6 Å². The average Bonchev–Trinajstić information content (AvgIpc) is 2.94. The summed E-state index contributed by atoms with van der Waals surface area (Å²) in [6.45, 7) is 8.07. The average molecular weight is 380 g/mol. The van der Waals surface area contributed by atoms with Gasteiger partial charge in [-0.3, -0.25) is 9.59 Å². The maximum atomic E-state index is 12.4. The van der Waals surface area contributed by atoms with E-state index in [-0.39, 0.29) is 24.8 Å². The molecule has 2 rings (SSSR count). The number of hydrogen-bond acceptors (Lipinski definition) is 4. The van der Waals surface area contributed by atoms with Gasteiger partial charge in [-0.1, -0.05) is 5.57 Å². The lowest BCUT2D eigenvalue weighted by molar-refractivity contribution is -0.131. The molecule has 0 aromatic carbocycles. The molecule has 1 N–H and O–H groups in total. The molecule has 1 aliphatic heterocycles. The fourth-order valence-electron chi connectivity index (χ4n) is 3.37. The Morgan fingerprint density at radius 1 is 1.00 bits per heavy atom. The molecule has 0 aromatic rings. The minimum atomic E-state index is -0.553. The zero-order valence-electron chi connectivity index (χ0n) is 16.9. The summed E-state index contributed by atoms with van der Waals surface area (Å²) >= 11 is 0. The highest BCUT2D eigenvalue weighted by Gasteiger charge is 2.22. The SMILES string of the molecule is CC(C)(C)OC(=O)NCCC(=O)N1CCCN(C(=O)C=C2CCCC2)CC1. The van der Waals surface area contributed by atoms with Crippen LogP contribution in [0.4, 0.5) is 4.79 Å². The van der Waals surface area contributed by atoms with Crippen LogP contribution in [0.5, 0.6) is 0 Å². The summed E-state index contributed by atoms with van der Waals surface area (Å²) < 4.78 is 5.16. The van der Waals surface area contributed by atoms with Gasteiger partial charge in [0.2, 0.25) is 11.8 Å². The Labute approximate surface area is 162 Å². The van der Waals surface area contributed by atoms with E-state index < -0.39 is 11.7 Å². The fraction of sp³-hybridized carbons (Fsp3) is 0.750. The van der Waals surface area contributed by atoms with E-state index >= 15 is 0 Å². The number of hydrogen-bond donors (Lipinski definition) is 1. The van der Waals surface area contributed by atoms with Crippen LogP contribution < -0.4 is 5.32 Å². The molecule has 7 heteroatoms. The molecule has 1 saturated carbocycles. The number of amides is 3. The van der Waals surface area contributed by atoms with Gasteiger partial charge in [-0.05, 0) is 52.9 Å².